The lowest BCUT2D eigenvalue weighted by Gasteiger charge is -2.29. The number of pyridine rings is 1. The molecule has 0 bridgehead atoms. The topological polar surface area (TPSA) is 16.1 Å². The van der Waals surface area contributed by atoms with Crippen LogP contribution in [0.25, 0.3) is 22.9 Å². The van der Waals surface area contributed by atoms with Gasteiger partial charge in [0.15, 0.2) is 0 Å². The largest absolute Gasteiger partial charge is 0.371 e. The number of aryl methyl sites for hydroxylation is 1. The van der Waals surface area contributed by atoms with E-state index in [-0.39, 0.29) is 0 Å². The first-order valence-electron chi connectivity index (χ1n) is 9.19. The highest BCUT2D eigenvalue weighted by Gasteiger charge is 2.11. The van der Waals surface area contributed by atoms with Gasteiger partial charge < -0.3 is 4.90 Å². The van der Waals surface area contributed by atoms with Crippen LogP contribution in [0.3, 0.4) is 0 Å². The average Bonchev–Trinajstić information content (AvgIpc) is 2.66. The number of nitrogens with zero attached hydrogens (tertiary/aromatic N) is 2. The predicted molar refractivity (Wildman–Crippen MR) is 108 cm³/mol. The Hall–Kier alpha value is -2.61. The zero-order valence-corrected chi connectivity index (χ0v) is 14.8. The van der Waals surface area contributed by atoms with Gasteiger partial charge in [0.25, 0.3) is 0 Å². The number of hydrogen-bond donors (Lipinski definition) is 0. The second-order valence-electron chi connectivity index (χ2n) is 6.84. The van der Waals surface area contributed by atoms with Gasteiger partial charge in [0.05, 0.1) is 5.69 Å². The molecule has 126 valence electrons. The molecule has 0 atom stereocenters. The molecular weight excluding hydrogens is 304 g/mol. The van der Waals surface area contributed by atoms with Gasteiger partial charge in [0.1, 0.15) is 0 Å². The van der Waals surface area contributed by atoms with E-state index < -0.39 is 0 Å². The van der Waals surface area contributed by atoms with Crippen molar-refractivity contribution in [2.75, 3.05) is 18.0 Å². The van der Waals surface area contributed by atoms with Crippen molar-refractivity contribution in [1.82, 2.24) is 4.98 Å². The van der Waals surface area contributed by atoms with Crippen LogP contribution in [-0.2, 0) is 0 Å². The lowest BCUT2D eigenvalue weighted by molar-refractivity contribution is 0.577. The predicted octanol–water partition coefficient (Wildman–Crippen LogP) is 5.70. The summed E-state index contributed by atoms with van der Waals surface area (Å²) in [5.41, 5.74) is 4.67. The van der Waals surface area contributed by atoms with Crippen LogP contribution in [-0.4, -0.2) is 18.1 Å². The van der Waals surface area contributed by atoms with Gasteiger partial charge in [-0.25, -0.2) is 0 Å². The summed E-state index contributed by atoms with van der Waals surface area (Å²) in [6.45, 7) is 4.41. The third-order valence-corrected chi connectivity index (χ3v) is 4.94. The van der Waals surface area contributed by atoms with Gasteiger partial charge in [-0.3, -0.25) is 4.98 Å². The Labute approximate surface area is 149 Å². The molecule has 0 radical (unpaired) electrons. The molecule has 0 unspecified atom stereocenters. The lowest BCUT2D eigenvalue weighted by Crippen LogP contribution is -2.29. The quantitative estimate of drug-likeness (QED) is 0.613. The minimum absolute atomic E-state index is 1.04. The van der Waals surface area contributed by atoms with Gasteiger partial charge in [-0.2, -0.15) is 0 Å². The Morgan fingerprint density at radius 1 is 0.880 bits per heavy atom. The molecule has 0 saturated carbocycles. The van der Waals surface area contributed by atoms with Crippen molar-refractivity contribution in [3.8, 4) is 0 Å². The first-order valence-corrected chi connectivity index (χ1v) is 9.19. The first-order chi connectivity index (χ1) is 12.3. The number of benzene rings is 2. The summed E-state index contributed by atoms with van der Waals surface area (Å²) in [5.74, 6) is 0. The van der Waals surface area contributed by atoms with Crippen molar-refractivity contribution in [2.24, 2.45) is 0 Å². The number of fused-ring (bicyclic) bond motifs is 1. The maximum absolute atomic E-state index is 4.71. The van der Waals surface area contributed by atoms with Gasteiger partial charge >= 0.3 is 0 Å². The maximum atomic E-state index is 4.71. The fourth-order valence-electron chi connectivity index (χ4n) is 3.67. The minimum Gasteiger partial charge on any atom is -0.371 e. The minimum atomic E-state index is 1.04. The number of anilines is 1. The molecule has 0 amide bonds. The molecule has 25 heavy (non-hydrogen) atoms. The van der Waals surface area contributed by atoms with Crippen LogP contribution in [0.4, 0.5) is 5.69 Å². The summed E-state index contributed by atoms with van der Waals surface area (Å²) in [6.07, 6.45) is 8.27. The second-order valence-corrected chi connectivity index (χ2v) is 6.84. The molecule has 2 aromatic carbocycles. The summed E-state index contributed by atoms with van der Waals surface area (Å²) in [6, 6.07) is 19.4. The molecule has 4 rings (SSSR count). The molecule has 0 N–H and O–H groups in total. The summed E-state index contributed by atoms with van der Waals surface area (Å²) in [7, 11) is 0. The van der Waals surface area contributed by atoms with Crippen molar-refractivity contribution in [2.45, 2.75) is 26.2 Å². The third kappa shape index (κ3) is 3.58. The van der Waals surface area contributed by atoms with E-state index in [0.29, 0.717) is 0 Å². The standard InChI is InChI=1S/C23H24N2/c1-18-16-22(25-14-5-2-6-15-25)17-21(24-18)13-12-20-10-7-9-19-8-3-4-11-23(19)20/h3-4,7-13,16-17H,2,5-6,14-15H2,1H3/b13-12+. The van der Waals surface area contributed by atoms with Gasteiger partial charge in [0.2, 0.25) is 0 Å². The van der Waals surface area contributed by atoms with Crippen molar-refractivity contribution in [3.05, 3.63) is 71.5 Å². The average molecular weight is 328 g/mol. The van der Waals surface area contributed by atoms with E-state index in [1.165, 1.54) is 41.3 Å². The molecule has 3 aromatic rings. The molecule has 1 saturated heterocycles. The van der Waals surface area contributed by atoms with E-state index >= 15 is 0 Å². The first kappa shape index (κ1) is 15.9. The summed E-state index contributed by atoms with van der Waals surface area (Å²) in [4.78, 5) is 7.20. The molecule has 1 aromatic heterocycles. The Bertz CT molecular complexity index is 900. The van der Waals surface area contributed by atoms with Crippen LogP contribution < -0.4 is 4.90 Å². The van der Waals surface area contributed by atoms with Gasteiger partial charge in [-0.1, -0.05) is 48.5 Å². The molecule has 1 aliphatic rings. The molecular formula is C23H24N2. The molecule has 2 heterocycles. The number of hydrogen-bond acceptors (Lipinski definition) is 2. The highest BCUT2D eigenvalue weighted by Crippen LogP contribution is 2.24. The number of rotatable bonds is 3. The highest BCUT2D eigenvalue weighted by molar-refractivity contribution is 5.92. The molecule has 1 fully saturated rings. The summed E-state index contributed by atoms with van der Waals surface area (Å²) < 4.78 is 0. The van der Waals surface area contributed by atoms with E-state index in [1.807, 2.05) is 0 Å². The van der Waals surface area contributed by atoms with Crippen LogP contribution in [0.1, 0.15) is 36.2 Å². The fourth-order valence-corrected chi connectivity index (χ4v) is 3.67. The molecule has 2 heteroatoms. The monoisotopic (exact) mass is 328 g/mol. The summed E-state index contributed by atoms with van der Waals surface area (Å²) >= 11 is 0. The smallest absolute Gasteiger partial charge is 0.0653 e. The normalized spacial score (nSPS) is 15.2. The fraction of sp³-hybridized carbons (Fsp3) is 0.261. The van der Waals surface area contributed by atoms with Gasteiger partial charge in [-0.05, 0) is 60.7 Å². The number of piperidine rings is 1. The van der Waals surface area contributed by atoms with Crippen molar-refractivity contribution < 1.29 is 0 Å². The number of aromatic nitrogens is 1. The molecule has 1 aliphatic heterocycles. The molecule has 2 nitrogen and oxygen atoms in total. The van der Waals surface area contributed by atoms with E-state index in [1.54, 1.807) is 0 Å². The second kappa shape index (κ2) is 7.10. The molecule has 0 aliphatic carbocycles. The Morgan fingerprint density at radius 2 is 1.68 bits per heavy atom. The van der Waals surface area contributed by atoms with Crippen LogP contribution in [0.5, 0.6) is 0 Å². The van der Waals surface area contributed by atoms with Gasteiger partial charge in [-0.15, -0.1) is 0 Å². The van der Waals surface area contributed by atoms with Crippen LogP contribution in [0.15, 0.2) is 54.6 Å². The van der Waals surface area contributed by atoms with Crippen LogP contribution >= 0.6 is 0 Å². The SMILES string of the molecule is Cc1cc(N2CCCCC2)cc(/C=C/c2cccc3ccccc23)n1. The van der Waals surface area contributed by atoms with Crippen LogP contribution in [0, 0.1) is 6.92 Å². The Morgan fingerprint density at radius 3 is 2.56 bits per heavy atom. The van der Waals surface area contributed by atoms with E-state index in [0.717, 1.165) is 24.5 Å². The van der Waals surface area contributed by atoms with Crippen molar-refractivity contribution >= 4 is 28.6 Å². The molecule has 0 spiro atoms. The Balaban J connectivity index is 1.65. The van der Waals surface area contributed by atoms with E-state index in [9.17, 15) is 0 Å². The highest BCUT2D eigenvalue weighted by atomic mass is 15.1. The van der Waals surface area contributed by atoms with Crippen LogP contribution in [0.2, 0.25) is 0 Å². The van der Waals surface area contributed by atoms with E-state index in [2.05, 4.69) is 78.6 Å². The Kier molecular flexibility index (Phi) is 4.51. The van der Waals surface area contributed by atoms with Crippen molar-refractivity contribution in [1.29, 1.82) is 0 Å². The van der Waals surface area contributed by atoms with E-state index in [4.69, 9.17) is 4.98 Å². The zero-order valence-electron chi connectivity index (χ0n) is 14.8. The summed E-state index contributed by atoms with van der Waals surface area (Å²) in [5, 5.41) is 2.56. The third-order valence-electron chi connectivity index (χ3n) is 4.94. The maximum Gasteiger partial charge on any atom is 0.0653 e. The van der Waals surface area contributed by atoms with Crippen molar-refractivity contribution in [3.63, 3.8) is 0 Å². The van der Waals surface area contributed by atoms with Gasteiger partial charge in [0, 0.05) is 24.5 Å². The lowest BCUT2D eigenvalue weighted by atomic mass is 10.0. The zero-order chi connectivity index (χ0) is 17.1.